The standard InChI is InChI=1S/C19H22N4O3S/c1-25-11-9-23-17(12-15-6-3-2-4-7-15)21-22-19(23)27-14-18(24)20-13-16-8-5-10-26-16/h2-8,10H,9,11-14H2,1H3,(H,20,24). The molecule has 0 bridgehead atoms. The van der Waals surface area contributed by atoms with E-state index in [-0.39, 0.29) is 11.7 Å². The number of furan rings is 1. The third kappa shape index (κ3) is 5.70. The van der Waals surface area contributed by atoms with Gasteiger partial charge in [-0.1, -0.05) is 42.1 Å². The van der Waals surface area contributed by atoms with E-state index in [2.05, 4.69) is 27.6 Å². The predicted octanol–water partition coefficient (Wildman–Crippen LogP) is 2.52. The lowest BCUT2D eigenvalue weighted by atomic mass is 10.1. The molecule has 27 heavy (non-hydrogen) atoms. The highest BCUT2D eigenvalue weighted by atomic mass is 32.2. The molecule has 0 aliphatic rings. The van der Waals surface area contributed by atoms with Gasteiger partial charge in [-0.15, -0.1) is 10.2 Å². The molecule has 1 amide bonds. The number of nitrogens with one attached hydrogen (secondary N) is 1. The number of amides is 1. The summed E-state index contributed by atoms with van der Waals surface area (Å²) in [5, 5.41) is 12.1. The van der Waals surface area contributed by atoms with Crippen molar-refractivity contribution in [3.8, 4) is 0 Å². The highest BCUT2D eigenvalue weighted by molar-refractivity contribution is 7.99. The van der Waals surface area contributed by atoms with E-state index < -0.39 is 0 Å². The second-order valence-corrected chi connectivity index (χ2v) is 6.79. The van der Waals surface area contributed by atoms with E-state index in [1.165, 1.54) is 11.8 Å². The van der Waals surface area contributed by atoms with Crippen molar-refractivity contribution in [3.05, 3.63) is 65.9 Å². The SMILES string of the molecule is COCCn1c(Cc2ccccc2)nnc1SCC(=O)NCc1ccco1. The van der Waals surface area contributed by atoms with E-state index >= 15 is 0 Å². The predicted molar refractivity (Wildman–Crippen MR) is 102 cm³/mol. The van der Waals surface area contributed by atoms with E-state index in [0.717, 1.165) is 17.1 Å². The molecule has 142 valence electrons. The number of ether oxygens (including phenoxy) is 1. The minimum atomic E-state index is -0.0812. The van der Waals surface area contributed by atoms with Crippen LogP contribution < -0.4 is 5.32 Å². The van der Waals surface area contributed by atoms with E-state index in [4.69, 9.17) is 9.15 Å². The molecule has 8 heteroatoms. The third-order valence-electron chi connectivity index (χ3n) is 3.89. The van der Waals surface area contributed by atoms with Crippen LogP contribution in [0.25, 0.3) is 0 Å². The molecule has 0 saturated heterocycles. The maximum absolute atomic E-state index is 12.1. The van der Waals surface area contributed by atoms with Gasteiger partial charge in [-0.3, -0.25) is 4.79 Å². The Morgan fingerprint density at radius 2 is 2.07 bits per heavy atom. The van der Waals surface area contributed by atoms with Crippen molar-refractivity contribution in [1.29, 1.82) is 0 Å². The minimum Gasteiger partial charge on any atom is -0.467 e. The van der Waals surface area contributed by atoms with Crippen molar-refractivity contribution < 1.29 is 13.9 Å². The first-order valence-electron chi connectivity index (χ1n) is 8.63. The summed E-state index contributed by atoms with van der Waals surface area (Å²) in [6.45, 7) is 1.57. The molecule has 0 aliphatic heterocycles. The Hall–Kier alpha value is -2.58. The van der Waals surface area contributed by atoms with Gasteiger partial charge in [0.2, 0.25) is 5.91 Å². The van der Waals surface area contributed by atoms with Crippen LogP contribution in [-0.4, -0.2) is 40.1 Å². The summed E-state index contributed by atoms with van der Waals surface area (Å²) in [7, 11) is 1.66. The molecular formula is C19H22N4O3S. The Balaban J connectivity index is 1.60. The van der Waals surface area contributed by atoms with Gasteiger partial charge in [0.15, 0.2) is 5.16 Å². The minimum absolute atomic E-state index is 0.0812. The molecule has 1 aromatic carbocycles. The van der Waals surface area contributed by atoms with Crippen LogP contribution >= 0.6 is 11.8 Å². The Kier molecular flexibility index (Phi) is 7.06. The van der Waals surface area contributed by atoms with Crippen LogP contribution in [0.5, 0.6) is 0 Å². The summed E-state index contributed by atoms with van der Waals surface area (Å²) in [6.07, 6.45) is 2.27. The second-order valence-electron chi connectivity index (χ2n) is 5.85. The van der Waals surface area contributed by atoms with Crippen LogP contribution in [0.2, 0.25) is 0 Å². The number of carbonyl (C=O) groups excluding carboxylic acids is 1. The first kappa shape index (κ1) is 19.2. The number of aromatic nitrogens is 3. The lowest BCUT2D eigenvalue weighted by Crippen LogP contribution is -2.24. The maximum atomic E-state index is 12.1. The van der Waals surface area contributed by atoms with E-state index in [1.807, 2.05) is 28.8 Å². The molecule has 3 rings (SSSR count). The number of thioether (sulfide) groups is 1. The van der Waals surface area contributed by atoms with Crippen LogP contribution in [0, 0.1) is 0 Å². The molecule has 2 aromatic heterocycles. The van der Waals surface area contributed by atoms with Crippen molar-refractivity contribution >= 4 is 17.7 Å². The van der Waals surface area contributed by atoms with Crippen molar-refractivity contribution in [1.82, 2.24) is 20.1 Å². The summed E-state index contributed by atoms with van der Waals surface area (Å²) in [6, 6.07) is 13.7. The van der Waals surface area contributed by atoms with Gasteiger partial charge >= 0.3 is 0 Å². The summed E-state index contributed by atoms with van der Waals surface area (Å²) >= 11 is 1.37. The monoisotopic (exact) mass is 386 g/mol. The Morgan fingerprint density at radius 3 is 2.81 bits per heavy atom. The Bertz CT molecular complexity index is 834. The lowest BCUT2D eigenvalue weighted by molar-refractivity contribution is -0.118. The van der Waals surface area contributed by atoms with E-state index in [9.17, 15) is 4.79 Å². The van der Waals surface area contributed by atoms with Crippen LogP contribution in [0.1, 0.15) is 17.1 Å². The molecule has 2 heterocycles. The highest BCUT2D eigenvalue weighted by Crippen LogP contribution is 2.19. The molecule has 0 aliphatic carbocycles. The molecule has 0 atom stereocenters. The zero-order valence-electron chi connectivity index (χ0n) is 15.1. The van der Waals surface area contributed by atoms with Crippen molar-refractivity contribution in [2.45, 2.75) is 24.7 Å². The number of rotatable bonds is 10. The van der Waals surface area contributed by atoms with Crippen LogP contribution in [0.4, 0.5) is 0 Å². The van der Waals surface area contributed by atoms with Gasteiger partial charge in [-0.25, -0.2) is 0 Å². The third-order valence-corrected chi connectivity index (χ3v) is 4.86. The quantitative estimate of drug-likeness (QED) is 0.539. The topological polar surface area (TPSA) is 82.2 Å². The van der Waals surface area contributed by atoms with E-state index in [1.54, 1.807) is 19.4 Å². The van der Waals surface area contributed by atoms with Crippen LogP contribution in [0.3, 0.4) is 0 Å². The average Bonchev–Trinajstić information content (AvgIpc) is 3.34. The van der Waals surface area contributed by atoms with Gasteiger partial charge in [0.1, 0.15) is 11.6 Å². The number of benzene rings is 1. The smallest absolute Gasteiger partial charge is 0.230 e. The molecule has 1 N–H and O–H groups in total. The normalized spacial score (nSPS) is 10.9. The average molecular weight is 386 g/mol. The fraction of sp³-hybridized carbons (Fsp3) is 0.316. The zero-order chi connectivity index (χ0) is 18.9. The molecule has 0 unspecified atom stereocenters. The molecular weight excluding hydrogens is 364 g/mol. The Labute approximate surface area is 162 Å². The van der Waals surface area contributed by atoms with Gasteiger partial charge in [-0.05, 0) is 17.7 Å². The molecule has 7 nitrogen and oxygen atoms in total. The fourth-order valence-corrected chi connectivity index (χ4v) is 3.34. The highest BCUT2D eigenvalue weighted by Gasteiger charge is 2.14. The largest absolute Gasteiger partial charge is 0.467 e. The summed E-state index contributed by atoms with van der Waals surface area (Å²) in [5.41, 5.74) is 1.16. The second kappa shape index (κ2) is 9.94. The number of methoxy groups -OCH3 is 1. The fourth-order valence-electron chi connectivity index (χ4n) is 2.52. The van der Waals surface area contributed by atoms with Crippen molar-refractivity contribution in [2.24, 2.45) is 0 Å². The number of hydrogen-bond acceptors (Lipinski definition) is 6. The van der Waals surface area contributed by atoms with Crippen molar-refractivity contribution in [3.63, 3.8) is 0 Å². The molecule has 0 radical (unpaired) electrons. The maximum Gasteiger partial charge on any atom is 0.230 e. The molecule has 0 saturated carbocycles. The molecule has 3 aromatic rings. The van der Waals surface area contributed by atoms with Crippen LogP contribution in [0.15, 0.2) is 58.3 Å². The number of hydrogen-bond donors (Lipinski definition) is 1. The lowest BCUT2D eigenvalue weighted by Gasteiger charge is -2.10. The summed E-state index contributed by atoms with van der Waals surface area (Å²) in [5.74, 6) is 1.76. The van der Waals surface area contributed by atoms with Crippen molar-refractivity contribution in [2.75, 3.05) is 19.5 Å². The Morgan fingerprint density at radius 1 is 1.22 bits per heavy atom. The number of nitrogens with zero attached hydrogens (tertiary/aromatic N) is 3. The summed E-state index contributed by atoms with van der Waals surface area (Å²) in [4.78, 5) is 12.1. The van der Waals surface area contributed by atoms with Gasteiger partial charge in [0.25, 0.3) is 0 Å². The molecule has 0 spiro atoms. The number of carbonyl (C=O) groups is 1. The van der Waals surface area contributed by atoms with E-state index in [0.29, 0.717) is 31.3 Å². The van der Waals surface area contributed by atoms with Gasteiger partial charge in [-0.2, -0.15) is 0 Å². The van der Waals surface area contributed by atoms with Gasteiger partial charge in [0.05, 0.1) is 25.2 Å². The first-order chi connectivity index (χ1) is 13.3. The molecule has 0 fully saturated rings. The van der Waals surface area contributed by atoms with Gasteiger partial charge in [0, 0.05) is 20.1 Å². The first-order valence-corrected chi connectivity index (χ1v) is 9.61. The van der Waals surface area contributed by atoms with Gasteiger partial charge < -0.3 is 19.0 Å². The summed E-state index contributed by atoms with van der Waals surface area (Å²) < 4.78 is 12.4. The zero-order valence-corrected chi connectivity index (χ0v) is 15.9. The van der Waals surface area contributed by atoms with Crippen LogP contribution in [-0.2, 0) is 29.0 Å².